The summed E-state index contributed by atoms with van der Waals surface area (Å²) in [6, 6.07) is 17.3. The first-order valence-corrected chi connectivity index (χ1v) is 12.1. The lowest BCUT2D eigenvalue weighted by molar-refractivity contribution is -0.119. The molecule has 2 N–H and O–H groups in total. The molecule has 1 saturated heterocycles. The summed E-state index contributed by atoms with van der Waals surface area (Å²) in [5.74, 6) is 1.000. The number of benzene rings is 2. The number of aromatic nitrogens is 3. The number of carbonyl (C=O) groups excluding carboxylic acids is 2. The first-order chi connectivity index (χ1) is 16.1. The normalized spacial score (nSPS) is 13.2. The van der Waals surface area contributed by atoms with Gasteiger partial charge in [0.25, 0.3) is 0 Å². The molecule has 0 atom stereocenters. The minimum atomic E-state index is -0.493. The molecule has 1 fully saturated rings. The van der Waals surface area contributed by atoms with Crippen molar-refractivity contribution in [1.29, 1.82) is 0 Å². The zero-order valence-electron chi connectivity index (χ0n) is 18.7. The number of hydrogen-bond donors (Lipinski definition) is 2. The number of amides is 3. The number of urea groups is 1. The third kappa shape index (κ3) is 6.13. The van der Waals surface area contributed by atoms with Crippen molar-refractivity contribution in [3.63, 3.8) is 0 Å². The Morgan fingerprint density at radius 1 is 1.00 bits per heavy atom. The monoisotopic (exact) mass is 464 g/mol. The largest absolute Gasteiger partial charge is 0.341 e. The summed E-state index contributed by atoms with van der Waals surface area (Å²) in [6.07, 6.45) is 2.49. The first kappa shape index (κ1) is 22.8. The Morgan fingerprint density at radius 3 is 2.45 bits per heavy atom. The predicted molar refractivity (Wildman–Crippen MR) is 130 cm³/mol. The summed E-state index contributed by atoms with van der Waals surface area (Å²) < 4.78 is 2.06. The van der Waals surface area contributed by atoms with Gasteiger partial charge in [0.05, 0.1) is 5.69 Å². The highest BCUT2D eigenvalue weighted by Gasteiger charge is 2.22. The van der Waals surface area contributed by atoms with E-state index in [1.165, 1.54) is 17.3 Å². The van der Waals surface area contributed by atoms with E-state index < -0.39 is 6.03 Å². The molecule has 4 rings (SSSR count). The van der Waals surface area contributed by atoms with Crippen molar-refractivity contribution in [3.8, 4) is 5.69 Å². The molecule has 0 saturated carbocycles. The quantitative estimate of drug-likeness (QED) is 0.494. The van der Waals surface area contributed by atoms with Gasteiger partial charge >= 0.3 is 6.03 Å². The van der Waals surface area contributed by atoms with Crippen molar-refractivity contribution in [1.82, 2.24) is 25.4 Å². The van der Waals surface area contributed by atoms with E-state index in [1.54, 1.807) is 0 Å². The van der Waals surface area contributed by atoms with E-state index in [0.29, 0.717) is 12.3 Å². The van der Waals surface area contributed by atoms with E-state index in [9.17, 15) is 9.59 Å². The number of carbonyl (C=O) groups is 2. The zero-order chi connectivity index (χ0) is 23.0. The van der Waals surface area contributed by atoms with Crippen molar-refractivity contribution >= 4 is 29.6 Å². The number of aryl methyl sites for hydroxylation is 1. The highest BCUT2D eigenvalue weighted by molar-refractivity contribution is 7.99. The van der Waals surface area contributed by atoms with Gasteiger partial charge in [0.15, 0.2) is 5.16 Å². The molecular formula is C24H28N6O2S. The lowest BCUT2D eigenvalue weighted by Gasteiger charge is -2.18. The fourth-order valence-corrected chi connectivity index (χ4v) is 4.53. The van der Waals surface area contributed by atoms with E-state index in [2.05, 4.69) is 61.5 Å². The van der Waals surface area contributed by atoms with E-state index in [4.69, 9.17) is 0 Å². The number of thioether (sulfide) groups is 1. The Balaban J connectivity index is 1.33. The van der Waals surface area contributed by atoms with Crippen molar-refractivity contribution in [3.05, 3.63) is 65.7 Å². The lowest BCUT2D eigenvalue weighted by Crippen LogP contribution is -2.39. The number of hydrogen-bond acceptors (Lipinski definition) is 6. The summed E-state index contributed by atoms with van der Waals surface area (Å²) in [5, 5.41) is 14.7. The van der Waals surface area contributed by atoms with Crippen LogP contribution in [0, 0.1) is 6.92 Å². The molecule has 0 unspecified atom stereocenters. The van der Waals surface area contributed by atoms with Crippen LogP contribution in [0.4, 0.5) is 10.7 Å². The summed E-state index contributed by atoms with van der Waals surface area (Å²) in [7, 11) is 0. The molecule has 0 bridgehead atoms. The molecule has 172 valence electrons. The van der Waals surface area contributed by atoms with E-state index in [-0.39, 0.29) is 12.3 Å². The molecule has 0 spiro atoms. The van der Waals surface area contributed by atoms with Crippen LogP contribution in [0.25, 0.3) is 5.69 Å². The fraction of sp³-hybridized carbons (Fsp3) is 0.333. The van der Waals surface area contributed by atoms with E-state index in [0.717, 1.165) is 48.3 Å². The molecule has 0 aliphatic carbocycles. The Labute approximate surface area is 197 Å². The van der Waals surface area contributed by atoms with Crippen LogP contribution in [0.3, 0.4) is 0 Å². The molecule has 1 aliphatic heterocycles. The van der Waals surface area contributed by atoms with Gasteiger partial charge in [-0.25, -0.2) is 4.79 Å². The van der Waals surface area contributed by atoms with Crippen LogP contribution in [0.5, 0.6) is 0 Å². The van der Waals surface area contributed by atoms with Crippen LogP contribution < -0.4 is 15.5 Å². The molecule has 8 nitrogen and oxygen atoms in total. The standard InChI is InChI=1S/C24H28N6O2S/c1-18-9-11-20(12-10-18)30-23(29-14-5-6-15-29)27-28-24(30)33-16-13-21(31)26-22(32)25-17-19-7-3-2-4-8-19/h2-4,7-12H,5-6,13-17H2,1H3,(H2,25,26,31,32). The molecule has 9 heteroatoms. The molecule has 1 aliphatic rings. The van der Waals surface area contributed by atoms with E-state index >= 15 is 0 Å². The smallest absolute Gasteiger partial charge is 0.321 e. The average molecular weight is 465 g/mol. The average Bonchev–Trinajstić information content (AvgIpc) is 3.49. The molecule has 33 heavy (non-hydrogen) atoms. The van der Waals surface area contributed by atoms with Crippen LogP contribution in [0.1, 0.15) is 30.4 Å². The number of nitrogens with one attached hydrogen (secondary N) is 2. The van der Waals surface area contributed by atoms with Gasteiger partial charge in [-0.1, -0.05) is 59.8 Å². The third-order valence-corrected chi connectivity index (χ3v) is 6.34. The summed E-state index contributed by atoms with van der Waals surface area (Å²) in [5.41, 5.74) is 3.16. The molecule has 2 aromatic carbocycles. The van der Waals surface area contributed by atoms with Gasteiger partial charge < -0.3 is 10.2 Å². The highest BCUT2D eigenvalue weighted by atomic mass is 32.2. The molecular weight excluding hydrogens is 436 g/mol. The van der Waals surface area contributed by atoms with Gasteiger partial charge in [-0.15, -0.1) is 10.2 Å². The van der Waals surface area contributed by atoms with Crippen LogP contribution in [0.15, 0.2) is 59.8 Å². The van der Waals surface area contributed by atoms with Crippen molar-refractivity contribution in [2.75, 3.05) is 23.7 Å². The molecule has 3 aromatic rings. The summed E-state index contributed by atoms with van der Waals surface area (Å²) >= 11 is 1.46. The fourth-order valence-electron chi connectivity index (χ4n) is 3.64. The van der Waals surface area contributed by atoms with Gasteiger partial charge in [-0.3, -0.25) is 14.7 Å². The topological polar surface area (TPSA) is 92.2 Å². The molecule has 0 radical (unpaired) electrons. The molecule has 1 aromatic heterocycles. The number of anilines is 1. The van der Waals surface area contributed by atoms with Crippen LogP contribution in [-0.4, -0.2) is 45.5 Å². The third-order valence-electron chi connectivity index (χ3n) is 5.41. The Morgan fingerprint density at radius 2 is 1.73 bits per heavy atom. The number of nitrogens with zero attached hydrogens (tertiary/aromatic N) is 4. The second-order valence-electron chi connectivity index (χ2n) is 7.96. The van der Waals surface area contributed by atoms with Crippen LogP contribution >= 0.6 is 11.8 Å². The summed E-state index contributed by atoms with van der Waals surface area (Å²) in [4.78, 5) is 26.5. The molecule has 3 amide bonds. The lowest BCUT2D eigenvalue weighted by atomic mass is 10.2. The highest BCUT2D eigenvalue weighted by Crippen LogP contribution is 2.29. The number of rotatable bonds is 8. The second-order valence-corrected chi connectivity index (χ2v) is 9.02. The van der Waals surface area contributed by atoms with Gasteiger partial charge in [-0.05, 0) is 37.5 Å². The van der Waals surface area contributed by atoms with Gasteiger partial charge in [-0.2, -0.15) is 0 Å². The number of imide groups is 1. The van der Waals surface area contributed by atoms with Crippen molar-refractivity contribution < 1.29 is 9.59 Å². The van der Waals surface area contributed by atoms with Crippen LogP contribution in [0.2, 0.25) is 0 Å². The van der Waals surface area contributed by atoms with Gasteiger partial charge in [0.1, 0.15) is 0 Å². The van der Waals surface area contributed by atoms with Crippen molar-refractivity contribution in [2.24, 2.45) is 0 Å². The minimum absolute atomic E-state index is 0.198. The maximum Gasteiger partial charge on any atom is 0.321 e. The van der Waals surface area contributed by atoms with Gasteiger partial charge in [0, 0.05) is 31.8 Å². The maximum absolute atomic E-state index is 12.2. The van der Waals surface area contributed by atoms with E-state index in [1.807, 2.05) is 30.3 Å². The predicted octanol–water partition coefficient (Wildman–Crippen LogP) is 3.68. The Hall–Kier alpha value is -3.33. The Kier molecular flexibility index (Phi) is 7.62. The first-order valence-electron chi connectivity index (χ1n) is 11.1. The SMILES string of the molecule is Cc1ccc(-n2c(SCCC(=O)NC(=O)NCc3ccccc3)nnc2N2CCCC2)cc1. The van der Waals surface area contributed by atoms with Crippen LogP contribution in [-0.2, 0) is 11.3 Å². The Bertz CT molecular complexity index is 1080. The molecule has 2 heterocycles. The van der Waals surface area contributed by atoms with Crippen molar-refractivity contribution in [2.45, 2.75) is 37.9 Å². The zero-order valence-corrected chi connectivity index (χ0v) is 19.5. The van der Waals surface area contributed by atoms with Gasteiger partial charge in [0.2, 0.25) is 11.9 Å². The maximum atomic E-state index is 12.2. The minimum Gasteiger partial charge on any atom is -0.341 e. The summed E-state index contributed by atoms with van der Waals surface area (Å²) in [6.45, 7) is 4.36. The second kappa shape index (κ2) is 11.0.